The lowest BCUT2D eigenvalue weighted by Crippen LogP contribution is -2.08. The van der Waals surface area contributed by atoms with Crippen LogP contribution in [0, 0.1) is 6.92 Å². The van der Waals surface area contributed by atoms with Gasteiger partial charge < -0.3 is 9.15 Å². The van der Waals surface area contributed by atoms with E-state index in [1.165, 1.54) is 18.3 Å². The van der Waals surface area contributed by atoms with E-state index in [0.717, 1.165) is 5.56 Å². The van der Waals surface area contributed by atoms with Crippen LogP contribution in [0.3, 0.4) is 0 Å². The van der Waals surface area contributed by atoms with Crippen molar-refractivity contribution in [2.24, 2.45) is 0 Å². The zero-order valence-corrected chi connectivity index (χ0v) is 15.1. The van der Waals surface area contributed by atoms with Gasteiger partial charge in [-0.1, -0.05) is 34.8 Å². The monoisotopic (exact) mass is 397 g/mol. The molecule has 25 heavy (non-hydrogen) atoms. The molecule has 0 radical (unpaired) electrons. The summed E-state index contributed by atoms with van der Waals surface area (Å²) in [7, 11) is 0. The second kappa shape index (κ2) is 7.04. The SMILES string of the molecule is Cc1cc2oc(=O)cc(COC(=O)c3cnc(Cl)c(Cl)c3)c2cc1Cl. The maximum absolute atomic E-state index is 12.1. The van der Waals surface area contributed by atoms with Gasteiger partial charge in [0.25, 0.3) is 0 Å². The molecule has 5 nitrogen and oxygen atoms in total. The van der Waals surface area contributed by atoms with E-state index in [-0.39, 0.29) is 22.3 Å². The number of rotatable bonds is 3. The topological polar surface area (TPSA) is 69.4 Å². The van der Waals surface area contributed by atoms with Crippen LogP contribution in [0.2, 0.25) is 15.2 Å². The van der Waals surface area contributed by atoms with E-state index in [1.54, 1.807) is 19.1 Å². The van der Waals surface area contributed by atoms with Crippen molar-refractivity contribution in [1.82, 2.24) is 4.98 Å². The Hall–Kier alpha value is -2.08. The number of carbonyl (C=O) groups is 1. The zero-order chi connectivity index (χ0) is 18.1. The van der Waals surface area contributed by atoms with Gasteiger partial charge in [0.1, 0.15) is 17.3 Å². The summed E-state index contributed by atoms with van der Waals surface area (Å²) in [5.41, 5.74) is 1.23. The maximum Gasteiger partial charge on any atom is 0.340 e. The van der Waals surface area contributed by atoms with Crippen molar-refractivity contribution in [3.05, 3.63) is 72.8 Å². The van der Waals surface area contributed by atoms with Crippen LogP contribution in [-0.4, -0.2) is 11.0 Å². The standard InChI is InChI=1S/C17H10Cl3NO4/c1-8-2-14-11(5-12(8)18)10(4-15(22)25-14)7-24-17(23)9-3-13(19)16(20)21-6-9/h2-6H,7H2,1H3. The van der Waals surface area contributed by atoms with E-state index >= 15 is 0 Å². The first kappa shape index (κ1) is 17.7. The first-order valence-electron chi connectivity index (χ1n) is 7.06. The molecule has 3 aromatic rings. The van der Waals surface area contributed by atoms with Crippen LogP contribution in [0.15, 0.2) is 39.7 Å². The van der Waals surface area contributed by atoms with Crippen molar-refractivity contribution >= 4 is 51.7 Å². The Kier molecular flexibility index (Phi) is 4.99. The molecule has 0 saturated carbocycles. The molecule has 0 atom stereocenters. The number of halogens is 3. The molecule has 0 unspecified atom stereocenters. The molecule has 128 valence electrons. The van der Waals surface area contributed by atoms with Crippen molar-refractivity contribution in [2.45, 2.75) is 13.5 Å². The number of benzene rings is 1. The van der Waals surface area contributed by atoms with E-state index in [0.29, 0.717) is 21.6 Å². The van der Waals surface area contributed by atoms with Gasteiger partial charge in [0.05, 0.1) is 10.6 Å². The summed E-state index contributed by atoms with van der Waals surface area (Å²) in [6.45, 7) is 1.66. The van der Waals surface area contributed by atoms with Gasteiger partial charge >= 0.3 is 11.6 Å². The van der Waals surface area contributed by atoms with Gasteiger partial charge in [0, 0.05) is 28.2 Å². The molecule has 0 aliphatic heterocycles. The molecule has 8 heteroatoms. The highest BCUT2D eigenvalue weighted by molar-refractivity contribution is 6.41. The van der Waals surface area contributed by atoms with Crippen LogP contribution >= 0.6 is 34.8 Å². The summed E-state index contributed by atoms with van der Waals surface area (Å²) in [6.07, 6.45) is 1.26. The van der Waals surface area contributed by atoms with Crippen LogP contribution in [0.4, 0.5) is 0 Å². The molecule has 0 saturated heterocycles. The number of hydrogen-bond donors (Lipinski definition) is 0. The Morgan fingerprint density at radius 2 is 1.92 bits per heavy atom. The van der Waals surface area contributed by atoms with Crippen LogP contribution in [0.1, 0.15) is 21.5 Å². The number of ether oxygens (including phenoxy) is 1. The van der Waals surface area contributed by atoms with Crippen molar-refractivity contribution in [1.29, 1.82) is 0 Å². The first-order valence-corrected chi connectivity index (χ1v) is 8.19. The van der Waals surface area contributed by atoms with E-state index in [4.69, 9.17) is 44.0 Å². The van der Waals surface area contributed by atoms with Gasteiger partial charge in [0.2, 0.25) is 0 Å². The average Bonchev–Trinajstić information content (AvgIpc) is 2.56. The summed E-state index contributed by atoms with van der Waals surface area (Å²) in [5.74, 6) is -0.648. The van der Waals surface area contributed by atoms with Crippen LogP contribution < -0.4 is 5.63 Å². The molecule has 0 amide bonds. The Balaban J connectivity index is 1.90. The second-order valence-electron chi connectivity index (χ2n) is 5.26. The highest BCUT2D eigenvalue weighted by atomic mass is 35.5. The quantitative estimate of drug-likeness (QED) is 0.359. The Bertz CT molecular complexity index is 1050. The third-order valence-electron chi connectivity index (χ3n) is 3.50. The van der Waals surface area contributed by atoms with E-state index in [2.05, 4.69) is 4.98 Å². The van der Waals surface area contributed by atoms with Gasteiger partial charge in [-0.3, -0.25) is 0 Å². The summed E-state index contributed by atoms with van der Waals surface area (Å²) >= 11 is 17.7. The molecule has 0 fully saturated rings. The van der Waals surface area contributed by atoms with Crippen molar-refractivity contribution in [2.75, 3.05) is 0 Å². The molecule has 0 N–H and O–H groups in total. The first-order chi connectivity index (χ1) is 11.8. The fourth-order valence-electron chi connectivity index (χ4n) is 2.23. The fraction of sp³-hybridized carbons (Fsp3) is 0.118. The van der Waals surface area contributed by atoms with Gasteiger partial charge in [-0.25, -0.2) is 14.6 Å². The number of hydrogen-bond acceptors (Lipinski definition) is 5. The third kappa shape index (κ3) is 3.79. The lowest BCUT2D eigenvalue weighted by Gasteiger charge is -2.09. The van der Waals surface area contributed by atoms with E-state index in [1.807, 2.05) is 0 Å². The Morgan fingerprint density at radius 1 is 1.16 bits per heavy atom. The number of esters is 1. The lowest BCUT2D eigenvalue weighted by molar-refractivity contribution is 0.0473. The molecule has 2 heterocycles. The number of fused-ring (bicyclic) bond motifs is 1. The predicted octanol–water partition coefficient (Wildman–Crippen LogP) is 4.81. The van der Waals surface area contributed by atoms with Crippen molar-refractivity contribution < 1.29 is 13.9 Å². The molecule has 0 spiro atoms. The second-order valence-corrected chi connectivity index (χ2v) is 6.43. The van der Waals surface area contributed by atoms with E-state index in [9.17, 15) is 9.59 Å². The van der Waals surface area contributed by atoms with Gasteiger partial charge in [0.15, 0.2) is 0 Å². The fourth-order valence-corrected chi connectivity index (χ4v) is 2.66. The minimum atomic E-state index is -0.648. The highest BCUT2D eigenvalue weighted by Gasteiger charge is 2.13. The van der Waals surface area contributed by atoms with Crippen LogP contribution in [0.25, 0.3) is 11.0 Å². The highest BCUT2D eigenvalue weighted by Crippen LogP contribution is 2.26. The number of aryl methyl sites for hydroxylation is 1. The molecule has 2 aromatic heterocycles. The molecule has 3 rings (SSSR count). The summed E-state index contributed by atoms with van der Waals surface area (Å²) in [6, 6.07) is 5.94. The van der Waals surface area contributed by atoms with E-state index < -0.39 is 11.6 Å². The van der Waals surface area contributed by atoms with Crippen LogP contribution in [0.5, 0.6) is 0 Å². The van der Waals surface area contributed by atoms with Crippen molar-refractivity contribution in [3.8, 4) is 0 Å². The summed E-state index contributed by atoms with van der Waals surface area (Å²) in [5, 5.41) is 1.34. The number of carbonyl (C=O) groups excluding carboxylic acids is 1. The maximum atomic E-state index is 12.1. The molecule has 0 bridgehead atoms. The number of aromatic nitrogens is 1. The van der Waals surface area contributed by atoms with Crippen LogP contribution in [-0.2, 0) is 11.3 Å². The van der Waals surface area contributed by atoms with Gasteiger partial charge in [-0.15, -0.1) is 0 Å². The Labute approximate surface area is 157 Å². The molecule has 0 aliphatic rings. The molecule has 1 aromatic carbocycles. The number of nitrogens with zero attached hydrogens (tertiary/aromatic N) is 1. The van der Waals surface area contributed by atoms with Crippen molar-refractivity contribution in [3.63, 3.8) is 0 Å². The zero-order valence-electron chi connectivity index (χ0n) is 12.8. The summed E-state index contributed by atoms with van der Waals surface area (Å²) < 4.78 is 10.4. The van der Waals surface area contributed by atoms with Gasteiger partial charge in [-0.2, -0.15) is 0 Å². The smallest absolute Gasteiger partial charge is 0.340 e. The molecule has 0 aliphatic carbocycles. The normalized spacial score (nSPS) is 10.9. The third-order valence-corrected chi connectivity index (χ3v) is 4.59. The predicted molar refractivity (Wildman–Crippen MR) is 95.6 cm³/mol. The Morgan fingerprint density at radius 3 is 2.64 bits per heavy atom. The largest absolute Gasteiger partial charge is 0.457 e. The average molecular weight is 399 g/mol. The minimum absolute atomic E-state index is 0.0925. The minimum Gasteiger partial charge on any atom is -0.457 e. The molecular weight excluding hydrogens is 389 g/mol. The lowest BCUT2D eigenvalue weighted by atomic mass is 10.1. The van der Waals surface area contributed by atoms with Gasteiger partial charge in [-0.05, 0) is 30.7 Å². The summed E-state index contributed by atoms with van der Waals surface area (Å²) in [4.78, 5) is 27.6. The molecular formula is C17H10Cl3NO4. The number of pyridine rings is 1.